The zero-order valence-electron chi connectivity index (χ0n) is 27.3. The van der Waals surface area contributed by atoms with Crippen LogP contribution in [-0.2, 0) is 30.5 Å². The van der Waals surface area contributed by atoms with Crippen molar-refractivity contribution in [1.82, 2.24) is 20.9 Å². The largest absolute Gasteiger partial charge is 0.442 e. The fourth-order valence-corrected chi connectivity index (χ4v) is 5.30. The molecule has 2 aromatic rings. The number of halogens is 1. The van der Waals surface area contributed by atoms with Crippen LogP contribution in [0, 0.1) is 5.82 Å². The van der Waals surface area contributed by atoms with Gasteiger partial charge in [0.1, 0.15) is 18.0 Å². The van der Waals surface area contributed by atoms with E-state index < -0.39 is 36.0 Å². The van der Waals surface area contributed by atoms with Gasteiger partial charge in [0.25, 0.3) is 0 Å². The number of ketones is 1. The molecule has 0 bridgehead atoms. The lowest BCUT2D eigenvalue weighted by molar-refractivity contribution is -0.131. The van der Waals surface area contributed by atoms with Crippen LogP contribution in [0.4, 0.5) is 20.6 Å². The van der Waals surface area contributed by atoms with Crippen LogP contribution in [0.1, 0.15) is 49.5 Å². The number of benzene rings is 2. The number of carbonyl (C=O) groups excluding carboxylic acids is 6. The Morgan fingerprint density at radius 2 is 1.65 bits per heavy atom. The first-order valence-corrected chi connectivity index (χ1v) is 15.8. The van der Waals surface area contributed by atoms with Gasteiger partial charge in [-0.15, -0.1) is 0 Å². The average Bonchev–Trinajstić information content (AvgIpc) is 3.45. The second-order valence-electron chi connectivity index (χ2n) is 11.9. The molecule has 258 valence electrons. The maximum absolute atomic E-state index is 15.2. The molecule has 2 unspecified atom stereocenters. The van der Waals surface area contributed by atoms with Crippen molar-refractivity contribution in [1.29, 1.82) is 0 Å². The van der Waals surface area contributed by atoms with E-state index in [9.17, 15) is 28.8 Å². The fraction of sp³-hybridized carbons (Fsp3) is 0.455. The van der Waals surface area contributed by atoms with Crippen molar-refractivity contribution in [2.45, 2.75) is 58.3 Å². The molecule has 2 heterocycles. The number of carbonyl (C=O) groups is 6. The zero-order valence-corrected chi connectivity index (χ0v) is 27.3. The normalized spacial score (nSPS) is 17.3. The second kappa shape index (κ2) is 16.2. The molecule has 2 aromatic carbocycles. The van der Waals surface area contributed by atoms with Gasteiger partial charge >= 0.3 is 6.09 Å². The lowest BCUT2D eigenvalue weighted by Gasteiger charge is -2.36. The van der Waals surface area contributed by atoms with Crippen molar-refractivity contribution in [3.63, 3.8) is 0 Å². The molecule has 0 saturated carbocycles. The highest BCUT2D eigenvalue weighted by Crippen LogP contribution is 2.28. The molecule has 0 radical (unpaired) electrons. The maximum atomic E-state index is 15.2. The van der Waals surface area contributed by atoms with Crippen molar-refractivity contribution in [2.24, 2.45) is 5.73 Å². The zero-order chi connectivity index (χ0) is 35.0. The fourth-order valence-electron chi connectivity index (χ4n) is 5.30. The van der Waals surface area contributed by atoms with Crippen LogP contribution in [0.2, 0.25) is 0 Å². The number of nitrogens with two attached hydrogens (primary N) is 1. The molecular weight excluding hydrogens is 625 g/mol. The molecule has 0 spiro atoms. The van der Waals surface area contributed by atoms with E-state index in [2.05, 4.69) is 16.0 Å². The van der Waals surface area contributed by atoms with E-state index in [0.29, 0.717) is 43.1 Å². The third kappa shape index (κ3) is 9.50. The van der Waals surface area contributed by atoms with Crippen molar-refractivity contribution in [3.05, 3.63) is 59.4 Å². The van der Waals surface area contributed by atoms with E-state index in [4.69, 9.17) is 10.5 Å². The summed E-state index contributed by atoms with van der Waals surface area (Å²) in [7, 11) is 0. The standard InChI is InChI=1S/C33H42FN7O7/c1-20(35)31(45)38-21(2)32(46)37-17-23-4-6-24(7-5-23)29(43)10-11-30(44)40-14-12-39(13-15-40)28-9-8-25(16-27(28)34)41-19-26(48-33(41)47)18-36-22(3)42/h4-9,16,20-21,26H,10-15,17-19,35H2,1-3H3,(H,36,42)(H,37,46)(H,38,45)/t20?,21?,26-/m0/s1. The predicted molar refractivity (Wildman–Crippen MR) is 175 cm³/mol. The quantitative estimate of drug-likeness (QED) is 0.227. The van der Waals surface area contributed by atoms with Crippen molar-refractivity contribution in [3.8, 4) is 0 Å². The molecule has 2 aliphatic heterocycles. The van der Waals surface area contributed by atoms with Crippen LogP contribution in [0.3, 0.4) is 0 Å². The molecule has 2 fully saturated rings. The number of hydrogen-bond donors (Lipinski definition) is 4. The van der Waals surface area contributed by atoms with Crippen molar-refractivity contribution >= 4 is 46.9 Å². The Balaban J connectivity index is 1.20. The minimum Gasteiger partial charge on any atom is -0.442 e. The van der Waals surface area contributed by atoms with Crippen LogP contribution in [0.15, 0.2) is 42.5 Å². The summed E-state index contributed by atoms with van der Waals surface area (Å²) >= 11 is 0. The third-order valence-electron chi connectivity index (χ3n) is 8.14. The number of nitrogens with one attached hydrogen (secondary N) is 3. The summed E-state index contributed by atoms with van der Waals surface area (Å²) < 4.78 is 20.4. The predicted octanol–water partition coefficient (Wildman–Crippen LogP) is 1.07. The molecule has 48 heavy (non-hydrogen) atoms. The Labute approximate surface area is 278 Å². The molecule has 3 atom stereocenters. The van der Waals surface area contributed by atoms with Crippen LogP contribution in [0.25, 0.3) is 0 Å². The summed E-state index contributed by atoms with van der Waals surface area (Å²) in [4.78, 5) is 77.8. The molecule has 2 saturated heterocycles. The topological polar surface area (TPSA) is 183 Å². The van der Waals surface area contributed by atoms with Gasteiger partial charge in [-0.05, 0) is 37.6 Å². The van der Waals surface area contributed by atoms with Gasteiger partial charge in [0.05, 0.1) is 30.5 Å². The van der Waals surface area contributed by atoms with Crippen molar-refractivity contribution < 1.29 is 37.9 Å². The molecule has 0 aromatic heterocycles. The van der Waals surface area contributed by atoms with E-state index >= 15 is 4.39 Å². The Morgan fingerprint density at radius 1 is 0.958 bits per heavy atom. The first kappa shape index (κ1) is 35.8. The third-order valence-corrected chi connectivity index (χ3v) is 8.14. The Bertz CT molecular complexity index is 1530. The van der Waals surface area contributed by atoms with Crippen LogP contribution < -0.4 is 31.5 Å². The highest BCUT2D eigenvalue weighted by molar-refractivity contribution is 5.98. The number of ether oxygens (including phenoxy) is 1. The lowest BCUT2D eigenvalue weighted by atomic mass is 10.0. The average molecular weight is 668 g/mol. The Kier molecular flexibility index (Phi) is 12.1. The molecule has 5 amide bonds. The molecule has 15 heteroatoms. The van der Waals surface area contributed by atoms with Gasteiger partial charge in [-0.25, -0.2) is 9.18 Å². The number of Topliss-reactive ketones (excluding diaryl/α,β-unsaturated/α-hetero) is 1. The molecule has 14 nitrogen and oxygen atoms in total. The minimum absolute atomic E-state index is 0.0343. The number of hydrogen-bond acceptors (Lipinski definition) is 9. The van der Waals surface area contributed by atoms with Crippen molar-refractivity contribution in [2.75, 3.05) is 49.1 Å². The van der Waals surface area contributed by atoms with E-state index in [-0.39, 0.29) is 56.0 Å². The molecular formula is C33H42FN7O7. The number of anilines is 2. The number of nitrogens with zero attached hydrogens (tertiary/aromatic N) is 3. The summed E-state index contributed by atoms with van der Waals surface area (Å²) in [5.41, 5.74) is 7.42. The number of rotatable bonds is 13. The molecule has 5 N–H and O–H groups in total. The number of amides is 5. The summed E-state index contributed by atoms with van der Waals surface area (Å²) in [5, 5.41) is 7.85. The van der Waals surface area contributed by atoms with Gasteiger partial charge in [-0.3, -0.25) is 28.9 Å². The van der Waals surface area contributed by atoms with Gasteiger partial charge < -0.3 is 36.2 Å². The molecule has 0 aliphatic carbocycles. The lowest BCUT2D eigenvalue weighted by Crippen LogP contribution is -2.49. The van der Waals surface area contributed by atoms with E-state index in [0.717, 1.165) is 5.56 Å². The first-order valence-electron chi connectivity index (χ1n) is 15.8. The van der Waals surface area contributed by atoms with Gasteiger partial charge in [-0.1, -0.05) is 24.3 Å². The van der Waals surface area contributed by atoms with Crippen LogP contribution in [0.5, 0.6) is 0 Å². The van der Waals surface area contributed by atoms with Crippen LogP contribution in [-0.4, -0.2) is 97.9 Å². The highest BCUT2D eigenvalue weighted by atomic mass is 19.1. The Hall–Kier alpha value is -5.05. The maximum Gasteiger partial charge on any atom is 0.414 e. The van der Waals surface area contributed by atoms with Gasteiger partial charge in [0, 0.05) is 58.1 Å². The van der Waals surface area contributed by atoms with E-state index in [1.54, 1.807) is 48.2 Å². The smallest absolute Gasteiger partial charge is 0.414 e. The summed E-state index contributed by atoms with van der Waals surface area (Å²) in [6, 6.07) is 9.75. The first-order chi connectivity index (χ1) is 22.8. The van der Waals surface area contributed by atoms with E-state index in [1.165, 1.54) is 24.8 Å². The number of piperazine rings is 1. The second-order valence-corrected chi connectivity index (χ2v) is 11.9. The van der Waals surface area contributed by atoms with E-state index in [1.807, 2.05) is 4.90 Å². The molecule has 2 aliphatic rings. The summed E-state index contributed by atoms with van der Waals surface area (Å²) in [5.74, 6) is -1.89. The molecule has 4 rings (SSSR count). The van der Waals surface area contributed by atoms with Gasteiger partial charge in [0.15, 0.2) is 5.78 Å². The van der Waals surface area contributed by atoms with Crippen LogP contribution >= 0.6 is 0 Å². The Morgan fingerprint density at radius 3 is 2.27 bits per heavy atom. The highest BCUT2D eigenvalue weighted by Gasteiger charge is 2.33. The monoisotopic (exact) mass is 667 g/mol. The number of cyclic esters (lactones) is 1. The summed E-state index contributed by atoms with van der Waals surface area (Å²) in [6.45, 7) is 6.55. The SMILES string of the molecule is CC(=O)NC[C@H]1CN(c2ccc(N3CCN(C(=O)CCC(=O)c4ccc(CNC(=O)C(C)NC(=O)C(C)N)cc4)CC3)c(F)c2)C(=O)O1. The van der Waals surface area contributed by atoms with Gasteiger partial charge in [-0.2, -0.15) is 0 Å². The summed E-state index contributed by atoms with van der Waals surface area (Å²) in [6.07, 6.45) is -1.07. The minimum atomic E-state index is -0.751. The van der Waals surface area contributed by atoms with Gasteiger partial charge in [0.2, 0.25) is 23.6 Å².